The SMILES string of the molecule is C[Si](C)(C)n1c2cc(-c3ccccc3)ccc2c2c1c1ccccc1n2-c1cccc(-c2cccc(-c3cccc(-n4c5ccccc5c5c4c4ccc(-c6ccccc6)cc4n5[Si](C)(C)C)c3)n2)c1. The van der Waals surface area contributed by atoms with Gasteiger partial charge >= 0.3 is 0 Å². The van der Waals surface area contributed by atoms with Crippen LogP contribution in [-0.2, 0) is 0 Å². The van der Waals surface area contributed by atoms with E-state index in [1.165, 1.54) is 87.9 Å². The molecule has 0 fully saturated rings. The maximum absolute atomic E-state index is 5.44. The van der Waals surface area contributed by atoms with Crippen LogP contribution in [0.25, 0.3) is 122 Å². The van der Waals surface area contributed by atoms with E-state index in [0.29, 0.717) is 0 Å². The largest absolute Gasteiger partial charge is 0.367 e. The van der Waals surface area contributed by atoms with Gasteiger partial charge in [-0.15, -0.1) is 0 Å². The Morgan fingerprint density at radius 1 is 0.286 bits per heavy atom. The van der Waals surface area contributed by atoms with Crippen LogP contribution >= 0.6 is 0 Å². The highest BCUT2D eigenvalue weighted by molar-refractivity contribution is 6.77. The highest BCUT2D eigenvalue weighted by atomic mass is 28.3. The Morgan fingerprint density at radius 3 is 1.09 bits per heavy atom. The Balaban J connectivity index is 0.946. The first-order valence-electron chi connectivity index (χ1n) is 24.5. The molecule has 13 rings (SSSR count). The van der Waals surface area contributed by atoms with E-state index in [4.69, 9.17) is 4.98 Å². The van der Waals surface area contributed by atoms with Crippen molar-refractivity contribution in [1.29, 1.82) is 0 Å². The average Bonchev–Trinajstić information content (AvgIpc) is 4.11. The number of aromatic nitrogens is 5. The molecule has 5 aromatic heterocycles. The van der Waals surface area contributed by atoms with Crippen molar-refractivity contribution in [3.63, 3.8) is 0 Å². The second kappa shape index (κ2) is 15.8. The average molecular weight is 936 g/mol. The van der Waals surface area contributed by atoms with Crippen LogP contribution in [0.4, 0.5) is 0 Å². The van der Waals surface area contributed by atoms with Crippen LogP contribution in [-0.4, -0.2) is 39.1 Å². The van der Waals surface area contributed by atoms with Gasteiger partial charge in [-0.25, -0.2) is 4.98 Å². The van der Waals surface area contributed by atoms with E-state index in [9.17, 15) is 0 Å². The Labute approximate surface area is 410 Å². The van der Waals surface area contributed by atoms with Gasteiger partial charge in [-0.3, -0.25) is 0 Å². The molecule has 7 heteroatoms. The zero-order chi connectivity index (χ0) is 47.5. The molecule has 70 heavy (non-hydrogen) atoms. The van der Waals surface area contributed by atoms with E-state index >= 15 is 0 Å². The Bertz CT molecular complexity index is 3930. The third-order valence-electron chi connectivity index (χ3n) is 14.2. The zero-order valence-electron chi connectivity index (χ0n) is 40.4. The normalized spacial score (nSPS) is 12.4. The van der Waals surface area contributed by atoms with Crippen LogP contribution in [0.2, 0.25) is 39.3 Å². The van der Waals surface area contributed by atoms with Crippen LogP contribution in [0.3, 0.4) is 0 Å². The molecule has 0 aliphatic carbocycles. The fraction of sp³-hybridized carbons (Fsp3) is 0.0952. The van der Waals surface area contributed by atoms with Crippen molar-refractivity contribution in [2.24, 2.45) is 0 Å². The van der Waals surface area contributed by atoms with Crippen LogP contribution in [0.5, 0.6) is 0 Å². The number of pyridine rings is 1. The van der Waals surface area contributed by atoms with Gasteiger partial charge in [0.25, 0.3) is 0 Å². The number of rotatable bonds is 8. The summed E-state index contributed by atoms with van der Waals surface area (Å²) in [5.41, 5.74) is 21.4. The van der Waals surface area contributed by atoms with Crippen molar-refractivity contribution in [3.05, 3.63) is 212 Å². The standard InChI is InChI=1S/C63H53N5Si2/c1-69(2,3)67-58-40-44(42-20-9-7-10-21-42)34-36-52(58)60-62(67)50-28-13-15-32-56(50)65(60)48-26-17-24-46(38-48)54-30-19-31-55(64-54)47-25-18-27-49(39-47)66-57-33-16-14-29-51(57)63-61(66)53-37-35-45(43-22-11-8-12-23-43)41-59(53)68(63)70(4,5)6/h7-41H,1-6H3. The van der Waals surface area contributed by atoms with Gasteiger partial charge in [0, 0.05) is 55.1 Å². The molecule has 338 valence electrons. The highest BCUT2D eigenvalue weighted by Gasteiger charge is 2.30. The van der Waals surface area contributed by atoms with E-state index in [1.807, 2.05) is 0 Å². The maximum atomic E-state index is 5.44. The number of benzene rings is 8. The first-order chi connectivity index (χ1) is 34.0. The predicted octanol–water partition coefficient (Wildman–Crippen LogP) is 17.2. The van der Waals surface area contributed by atoms with E-state index in [2.05, 4.69) is 269 Å². The smallest absolute Gasteiger partial charge is 0.153 e. The number of hydrogen-bond donors (Lipinski definition) is 0. The summed E-state index contributed by atoms with van der Waals surface area (Å²) in [6.07, 6.45) is 0. The van der Waals surface area contributed by atoms with Crippen molar-refractivity contribution in [2.45, 2.75) is 39.3 Å². The summed E-state index contributed by atoms with van der Waals surface area (Å²) in [7, 11) is -3.86. The number of nitrogens with zero attached hydrogens (tertiary/aromatic N) is 5. The van der Waals surface area contributed by atoms with E-state index < -0.39 is 16.5 Å². The summed E-state index contributed by atoms with van der Waals surface area (Å²) < 4.78 is 10.4. The molecule has 0 spiro atoms. The minimum atomic E-state index is -1.93. The van der Waals surface area contributed by atoms with Crippen LogP contribution < -0.4 is 0 Å². The molecule has 0 atom stereocenters. The molecule has 0 radical (unpaired) electrons. The van der Waals surface area contributed by atoms with Crippen molar-refractivity contribution < 1.29 is 0 Å². The number of para-hydroxylation sites is 2. The molecule has 8 aromatic carbocycles. The minimum Gasteiger partial charge on any atom is -0.367 e. The van der Waals surface area contributed by atoms with Gasteiger partial charge in [0.15, 0.2) is 16.5 Å². The van der Waals surface area contributed by atoms with Gasteiger partial charge in [-0.2, -0.15) is 0 Å². The second-order valence-corrected chi connectivity index (χ2v) is 30.4. The first-order valence-corrected chi connectivity index (χ1v) is 31.4. The lowest BCUT2D eigenvalue weighted by atomic mass is 10.0. The van der Waals surface area contributed by atoms with Gasteiger partial charge < -0.3 is 17.6 Å². The maximum Gasteiger partial charge on any atom is 0.153 e. The highest BCUT2D eigenvalue weighted by Crippen LogP contribution is 2.44. The molecule has 5 nitrogen and oxygen atoms in total. The summed E-state index contributed by atoms with van der Waals surface area (Å²) in [5, 5.41) is 5.09. The monoisotopic (exact) mass is 935 g/mol. The first kappa shape index (κ1) is 42.2. The Kier molecular flexibility index (Phi) is 9.50. The van der Waals surface area contributed by atoms with Crippen LogP contribution in [0.15, 0.2) is 212 Å². The van der Waals surface area contributed by atoms with Gasteiger partial charge in [-0.05, 0) is 82.9 Å². The van der Waals surface area contributed by atoms with E-state index in [1.54, 1.807) is 0 Å². The summed E-state index contributed by atoms with van der Waals surface area (Å²) in [5.74, 6) is 0. The minimum absolute atomic E-state index is 0.940. The fourth-order valence-corrected chi connectivity index (χ4v) is 15.0. The molecule has 0 saturated heterocycles. The lowest BCUT2D eigenvalue weighted by molar-refractivity contribution is 1.18. The van der Waals surface area contributed by atoms with E-state index in [-0.39, 0.29) is 0 Å². The second-order valence-electron chi connectivity index (χ2n) is 20.8. The van der Waals surface area contributed by atoms with Crippen molar-refractivity contribution in [2.75, 3.05) is 0 Å². The summed E-state index contributed by atoms with van der Waals surface area (Å²) in [6, 6.07) is 77.9. The summed E-state index contributed by atoms with van der Waals surface area (Å²) in [4.78, 5) is 5.44. The molecule has 0 aliphatic rings. The topological polar surface area (TPSA) is 32.6 Å². The molecule has 0 aliphatic heterocycles. The Hall–Kier alpha value is -7.98. The number of fused-ring (bicyclic) bond motifs is 10. The molecule has 0 unspecified atom stereocenters. The van der Waals surface area contributed by atoms with Gasteiger partial charge in [-0.1, -0.05) is 191 Å². The molecular formula is C63H53N5Si2. The molecule has 0 bridgehead atoms. The van der Waals surface area contributed by atoms with Crippen molar-refractivity contribution in [3.8, 4) is 56.1 Å². The van der Waals surface area contributed by atoms with Gasteiger partial charge in [0.2, 0.25) is 0 Å². The van der Waals surface area contributed by atoms with Crippen LogP contribution in [0.1, 0.15) is 0 Å². The lowest BCUT2D eigenvalue weighted by Crippen LogP contribution is -2.31. The third-order valence-corrected chi connectivity index (χ3v) is 17.8. The van der Waals surface area contributed by atoms with Crippen molar-refractivity contribution >= 4 is 82.1 Å². The molecule has 0 N–H and O–H groups in total. The molecular weight excluding hydrogens is 883 g/mol. The summed E-state index contributed by atoms with van der Waals surface area (Å²) >= 11 is 0. The lowest BCUT2D eigenvalue weighted by Gasteiger charge is -2.22. The quantitative estimate of drug-likeness (QED) is 0.140. The predicted molar refractivity (Wildman–Crippen MR) is 303 cm³/mol. The molecule has 0 amide bonds. The van der Waals surface area contributed by atoms with Crippen molar-refractivity contribution in [1.82, 2.24) is 22.6 Å². The fourth-order valence-electron chi connectivity index (χ4n) is 11.4. The zero-order valence-corrected chi connectivity index (χ0v) is 42.4. The molecule has 0 saturated carbocycles. The summed E-state index contributed by atoms with van der Waals surface area (Å²) in [6.45, 7) is 14.7. The molecule has 5 heterocycles. The molecule has 13 aromatic rings. The van der Waals surface area contributed by atoms with Crippen LogP contribution in [0, 0.1) is 0 Å². The van der Waals surface area contributed by atoms with E-state index in [0.717, 1.165) is 33.9 Å². The Morgan fingerprint density at radius 2 is 0.657 bits per heavy atom. The number of hydrogen-bond acceptors (Lipinski definition) is 1. The third kappa shape index (κ3) is 6.60. The van der Waals surface area contributed by atoms with Gasteiger partial charge in [0.05, 0.1) is 44.5 Å². The van der Waals surface area contributed by atoms with Gasteiger partial charge in [0.1, 0.15) is 0 Å².